The highest BCUT2D eigenvalue weighted by Gasteiger charge is 2.25. The molecule has 0 saturated carbocycles. The number of nitrogens with one attached hydrogen (secondary N) is 2. The van der Waals surface area contributed by atoms with Crippen LogP contribution in [-0.2, 0) is 4.79 Å². The van der Waals surface area contributed by atoms with Crippen molar-refractivity contribution in [2.24, 2.45) is 0 Å². The zero-order valence-electron chi connectivity index (χ0n) is 18.4. The Morgan fingerprint density at radius 2 is 1.68 bits per heavy atom. The third-order valence-electron chi connectivity index (χ3n) is 5.31. The monoisotopic (exact) mass is 475 g/mol. The highest BCUT2D eigenvalue weighted by molar-refractivity contribution is 6.33. The van der Waals surface area contributed by atoms with Crippen molar-refractivity contribution in [3.63, 3.8) is 0 Å². The number of ketones is 1. The Morgan fingerprint density at radius 3 is 2.38 bits per heavy atom. The number of carbonyl (C=O) groups is 3. The number of hydrogen-bond donors (Lipinski definition) is 2. The average Bonchev–Trinajstić information content (AvgIpc) is 3.30. The van der Waals surface area contributed by atoms with Crippen LogP contribution in [0.2, 0.25) is 5.02 Å². The summed E-state index contributed by atoms with van der Waals surface area (Å²) >= 11 is 6.22. The first-order valence-corrected chi connectivity index (χ1v) is 11.2. The first-order chi connectivity index (χ1) is 16.5. The van der Waals surface area contributed by atoms with Gasteiger partial charge in [-0.1, -0.05) is 61.0 Å². The Balaban J connectivity index is 1.33. The van der Waals surface area contributed by atoms with Gasteiger partial charge in [-0.25, -0.2) is 4.98 Å². The molecule has 172 valence electrons. The predicted octanol–water partition coefficient (Wildman–Crippen LogP) is 4.66. The van der Waals surface area contributed by atoms with Gasteiger partial charge in [-0.3, -0.25) is 14.4 Å². The van der Waals surface area contributed by atoms with E-state index in [0.29, 0.717) is 28.1 Å². The second-order valence-corrected chi connectivity index (χ2v) is 8.03. The summed E-state index contributed by atoms with van der Waals surface area (Å²) in [5.74, 6) is -1.37. The Kier molecular flexibility index (Phi) is 7.04. The molecule has 1 atom stereocenters. The molecular weight excluding hydrogens is 454 g/mol. The highest BCUT2D eigenvalue weighted by Crippen LogP contribution is 2.27. The molecule has 0 aliphatic rings. The molecule has 0 aliphatic heterocycles. The SMILES string of the molecule is CC[C@H](NC(=O)CNC(=O)c1ccc(-c2ccccc2Cl)cc1)C(=O)c1nc2ccccc2o1. The number of nitrogens with zero attached hydrogens (tertiary/aromatic N) is 1. The van der Waals surface area contributed by atoms with Crippen molar-refractivity contribution in [3.8, 4) is 11.1 Å². The number of rotatable bonds is 8. The van der Waals surface area contributed by atoms with Gasteiger partial charge < -0.3 is 15.1 Å². The van der Waals surface area contributed by atoms with Gasteiger partial charge in [0.05, 0.1) is 12.6 Å². The average molecular weight is 476 g/mol. The molecule has 34 heavy (non-hydrogen) atoms. The van der Waals surface area contributed by atoms with E-state index in [1.807, 2.05) is 18.2 Å². The van der Waals surface area contributed by atoms with E-state index in [2.05, 4.69) is 15.6 Å². The molecule has 4 rings (SSSR count). The maximum absolute atomic E-state index is 12.7. The summed E-state index contributed by atoms with van der Waals surface area (Å²) in [7, 11) is 0. The van der Waals surface area contributed by atoms with Crippen molar-refractivity contribution >= 4 is 40.3 Å². The number of oxazole rings is 1. The normalized spacial score (nSPS) is 11.7. The van der Waals surface area contributed by atoms with Crippen molar-refractivity contribution < 1.29 is 18.8 Å². The largest absolute Gasteiger partial charge is 0.434 e. The fraction of sp³-hybridized carbons (Fsp3) is 0.154. The number of fused-ring (bicyclic) bond motifs is 1. The smallest absolute Gasteiger partial charge is 0.266 e. The van der Waals surface area contributed by atoms with E-state index in [0.717, 1.165) is 11.1 Å². The zero-order chi connectivity index (χ0) is 24.1. The van der Waals surface area contributed by atoms with Gasteiger partial charge in [0.25, 0.3) is 11.8 Å². The van der Waals surface area contributed by atoms with Gasteiger partial charge in [0.15, 0.2) is 5.58 Å². The number of aromatic nitrogens is 1. The summed E-state index contributed by atoms with van der Waals surface area (Å²) in [5.41, 5.74) is 3.21. The molecule has 1 heterocycles. The number of hydrogen-bond acceptors (Lipinski definition) is 5. The van der Waals surface area contributed by atoms with Crippen molar-refractivity contribution in [2.75, 3.05) is 6.54 Å². The minimum Gasteiger partial charge on any atom is -0.434 e. The molecule has 0 bridgehead atoms. The molecule has 0 fully saturated rings. The standard InChI is InChI=1S/C26H22ClN3O4/c1-2-20(24(32)26-30-21-9-5-6-10-22(21)34-26)29-23(31)15-28-25(33)17-13-11-16(12-14-17)18-7-3-4-8-19(18)27/h3-14,20H,2,15H2,1H3,(H,28,33)(H,29,31)/t20-/m0/s1. The van der Waals surface area contributed by atoms with Crippen LogP contribution in [0, 0.1) is 0 Å². The molecule has 4 aromatic rings. The molecule has 0 spiro atoms. The van der Waals surface area contributed by atoms with E-state index in [-0.39, 0.29) is 12.4 Å². The van der Waals surface area contributed by atoms with E-state index >= 15 is 0 Å². The third-order valence-corrected chi connectivity index (χ3v) is 5.64. The minimum atomic E-state index is -0.813. The fourth-order valence-corrected chi connectivity index (χ4v) is 3.73. The molecule has 3 aromatic carbocycles. The minimum absolute atomic E-state index is 0.0593. The number of amides is 2. The topological polar surface area (TPSA) is 101 Å². The maximum atomic E-state index is 12.7. The Bertz CT molecular complexity index is 1310. The van der Waals surface area contributed by atoms with Crippen LogP contribution in [0.5, 0.6) is 0 Å². The zero-order valence-corrected chi connectivity index (χ0v) is 19.1. The lowest BCUT2D eigenvalue weighted by Crippen LogP contribution is -2.45. The molecule has 7 nitrogen and oxygen atoms in total. The summed E-state index contributed by atoms with van der Waals surface area (Å²) < 4.78 is 5.51. The lowest BCUT2D eigenvalue weighted by molar-refractivity contribution is -0.120. The quantitative estimate of drug-likeness (QED) is 0.361. The van der Waals surface area contributed by atoms with E-state index in [4.69, 9.17) is 16.0 Å². The van der Waals surface area contributed by atoms with Gasteiger partial charge in [0.2, 0.25) is 11.7 Å². The van der Waals surface area contributed by atoms with Gasteiger partial charge >= 0.3 is 0 Å². The van der Waals surface area contributed by atoms with Crippen molar-refractivity contribution in [1.29, 1.82) is 0 Å². The van der Waals surface area contributed by atoms with Gasteiger partial charge in [-0.2, -0.15) is 0 Å². The lowest BCUT2D eigenvalue weighted by Gasteiger charge is -2.14. The highest BCUT2D eigenvalue weighted by atomic mass is 35.5. The summed E-state index contributed by atoms with van der Waals surface area (Å²) in [4.78, 5) is 41.8. The number of carbonyl (C=O) groups excluding carboxylic acids is 3. The van der Waals surface area contributed by atoms with Crippen LogP contribution >= 0.6 is 11.6 Å². The van der Waals surface area contributed by atoms with Crippen LogP contribution in [0.25, 0.3) is 22.2 Å². The lowest BCUT2D eigenvalue weighted by atomic mass is 10.0. The predicted molar refractivity (Wildman–Crippen MR) is 130 cm³/mol. The fourth-order valence-electron chi connectivity index (χ4n) is 3.48. The summed E-state index contributed by atoms with van der Waals surface area (Å²) in [5, 5.41) is 5.83. The number of halogens is 1. The molecule has 0 saturated heterocycles. The van der Waals surface area contributed by atoms with Gasteiger partial charge in [0.1, 0.15) is 5.52 Å². The third kappa shape index (κ3) is 5.15. The van der Waals surface area contributed by atoms with E-state index in [9.17, 15) is 14.4 Å². The molecular formula is C26H22ClN3O4. The molecule has 0 unspecified atom stereocenters. The number of benzene rings is 3. The van der Waals surface area contributed by atoms with Crippen LogP contribution in [0.1, 0.15) is 34.4 Å². The van der Waals surface area contributed by atoms with Gasteiger partial charge in [-0.05, 0) is 42.3 Å². The van der Waals surface area contributed by atoms with Gasteiger partial charge in [-0.15, -0.1) is 0 Å². The molecule has 2 amide bonds. The van der Waals surface area contributed by atoms with Crippen LogP contribution < -0.4 is 10.6 Å². The molecule has 1 aromatic heterocycles. The van der Waals surface area contributed by atoms with E-state index < -0.39 is 23.6 Å². The molecule has 8 heteroatoms. The first-order valence-electron chi connectivity index (χ1n) is 10.8. The maximum Gasteiger partial charge on any atom is 0.266 e. The second-order valence-electron chi connectivity index (χ2n) is 7.62. The first kappa shape index (κ1) is 23.2. The summed E-state index contributed by atoms with van der Waals surface area (Å²) in [6, 6.07) is 20.6. The molecule has 0 radical (unpaired) electrons. The second kappa shape index (κ2) is 10.3. The Labute approximate surface area is 201 Å². The number of Topliss-reactive ketones (excluding diaryl/α,β-unsaturated/α-hetero) is 1. The van der Waals surface area contributed by atoms with Crippen molar-refractivity contribution in [2.45, 2.75) is 19.4 Å². The van der Waals surface area contributed by atoms with Crippen LogP contribution in [-0.4, -0.2) is 35.2 Å². The summed E-state index contributed by atoms with van der Waals surface area (Å²) in [6.07, 6.45) is 0.348. The van der Waals surface area contributed by atoms with E-state index in [1.165, 1.54) is 0 Å². The van der Waals surface area contributed by atoms with Crippen molar-refractivity contribution in [1.82, 2.24) is 15.6 Å². The Hall–Kier alpha value is -3.97. The van der Waals surface area contributed by atoms with E-state index in [1.54, 1.807) is 61.5 Å². The summed E-state index contributed by atoms with van der Waals surface area (Å²) in [6.45, 7) is 1.49. The van der Waals surface area contributed by atoms with Crippen LogP contribution in [0.15, 0.2) is 77.2 Å². The molecule has 2 N–H and O–H groups in total. The van der Waals surface area contributed by atoms with Gasteiger partial charge in [0, 0.05) is 16.1 Å². The number of para-hydroxylation sites is 2. The molecule has 0 aliphatic carbocycles. The van der Waals surface area contributed by atoms with Crippen LogP contribution in [0.4, 0.5) is 0 Å². The Morgan fingerprint density at radius 1 is 0.971 bits per heavy atom. The van der Waals surface area contributed by atoms with Crippen molar-refractivity contribution in [3.05, 3.63) is 89.3 Å². The van der Waals surface area contributed by atoms with Crippen LogP contribution in [0.3, 0.4) is 0 Å².